The van der Waals surface area contributed by atoms with Crippen LogP contribution in [0.4, 0.5) is 15.9 Å². The van der Waals surface area contributed by atoms with Gasteiger partial charge in [0, 0.05) is 28.3 Å². The van der Waals surface area contributed by atoms with E-state index in [1.54, 1.807) is 24.4 Å². The van der Waals surface area contributed by atoms with E-state index < -0.39 is 15.9 Å². The summed E-state index contributed by atoms with van der Waals surface area (Å²) < 4.78 is 45.5. The first-order valence-corrected chi connectivity index (χ1v) is 15.5. The average Bonchev–Trinajstić information content (AvgIpc) is 3.62. The fraction of sp³-hybridized carbons (Fsp3) is 0.156. The van der Waals surface area contributed by atoms with Crippen molar-refractivity contribution in [2.24, 2.45) is 0 Å². The molecule has 0 amide bonds. The predicted molar refractivity (Wildman–Crippen MR) is 165 cm³/mol. The lowest BCUT2D eigenvalue weighted by atomic mass is 10.1. The van der Waals surface area contributed by atoms with Gasteiger partial charge in [0.15, 0.2) is 0 Å². The molecule has 2 N–H and O–H groups in total. The second-order valence-electron chi connectivity index (χ2n) is 10.2. The van der Waals surface area contributed by atoms with E-state index in [1.165, 1.54) is 24.7 Å². The average molecular weight is 595 g/mol. The maximum atomic E-state index is 13.6. The van der Waals surface area contributed by atoms with Crippen molar-refractivity contribution in [2.45, 2.75) is 12.6 Å². The number of furan rings is 1. The molecule has 0 saturated carbocycles. The van der Waals surface area contributed by atoms with Crippen LogP contribution in [0, 0.1) is 18.2 Å². The molecule has 3 heterocycles. The number of anilines is 2. The standard InChI is InChI=1S/C32H27FN6O3S/c1-3-13-34-28(19-43(2,40)41)31-12-11-30(42-31)22-7-9-27-26(16-22)32(36-20-35-27)38-25-8-10-29-23(15-25)17-37-39(29)18-21-5-4-6-24(33)14-21/h1,4-12,14-17,20,28,34H,13,18-19H2,2H3,(H,35,36,38). The van der Waals surface area contributed by atoms with Crippen LogP contribution in [0.5, 0.6) is 0 Å². The number of fused-ring (bicyclic) bond motifs is 2. The Labute approximate surface area is 247 Å². The number of halogens is 1. The van der Waals surface area contributed by atoms with Crippen LogP contribution in [0.1, 0.15) is 17.4 Å². The van der Waals surface area contributed by atoms with Gasteiger partial charge in [-0.25, -0.2) is 22.8 Å². The summed E-state index contributed by atoms with van der Waals surface area (Å²) >= 11 is 0. The molecule has 0 fully saturated rings. The summed E-state index contributed by atoms with van der Waals surface area (Å²) in [5, 5.41) is 12.6. The minimum absolute atomic E-state index is 0.144. The van der Waals surface area contributed by atoms with Gasteiger partial charge in [0.1, 0.15) is 39.3 Å². The van der Waals surface area contributed by atoms with Gasteiger partial charge in [-0.1, -0.05) is 18.1 Å². The molecule has 1 atom stereocenters. The van der Waals surface area contributed by atoms with E-state index >= 15 is 0 Å². The van der Waals surface area contributed by atoms with E-state index in [0.717, 1.165) is 38.6 Å². The summed E-state index contributed by atoms with van der Waals surface area (Å²) in [5.41, 5.74) is 4.08. The highest BCUT2D eigenvalue weighted by Crippen LogP contribution is 2.32. The van der Waals surface area contributed by atoms with Crippen LogP contribution in [0.15, 0.2) is 89.7 Å². The number of benzene rings is 3. The fourth-order valence-corrected chi connectivity index (χ4v) is 5.85. The number of nitrogens with one attached hydrogen (secondary N) is 2. The van der Waals surface area contributed by atoms with Crippen LogP contribution < -0.4 is 10.6 Å². The van der Waals surface area contributed by atoms with Crippen LogP contribution >= 0.6 is 0 Å². The van der Waals surface area contributed by atoms with Gasteiger partial charge in [0.25, 0.3) is 0 Å². The van der Waals surface area contributed by atoms with Crippen LogP contribution in [-0.2, 0) is 16.4 Å². The Morgan fingerprint density at radius 1 is 1.07 bits per heavy atom. The van der Waals surface area contributed by atoms with E-state index in [2.05, 4.69) is 31.6 Å². The van der Waals surface area contributed by atoms with E-state index in [4.69, 9.17) is 10.8 Å². The SMILES string of the molecule is C#CCNC(CS(C)(=O)=O)c1ccc(-c2ccc3ncnc(Nc4ccc5c(cnn5Cc5cccc(F)c5)c4)c3c2)o1. The molecule has 6 aromatic rings. The van der Waals surface area contributed by atoms with Gasteiger partial charge in [0.05, 0.1) is 42.1 Å². The number of rotatable bonds is 10. The molecule has 0 aliphatic carbocycles. The molecule has 0 bridgehead atoms. The summed E-state index contributed by atoms with van der Waals surface area (Å²) in [6, 6.07) is 21.0. The predicted octanol–water partition coefficient (Wildman–Crippen LogP) is 5.48. The molecule has 43 heavy (non-hydrogen) atoms. The highest BCUT2D eigenvalue weighted by molar-refractivity contribution is 7.90. The summed E-state index contributed by atoms with van der Waals surface area (Å²) in [4.78, 5) is 8.90. The minimum Gasteiger partial charge on any atom is -0.459 e. The molecular formula is C32H27FN6O3S. The van der Waals surface area contributed by atoms with E-state index in [9.17, 15) is 12.8 Å². The van der Waals surface area contributed by atoms with Crippen molar-refractivity contribution < 1.29 is 17.2 Å². The van der Waals surface area contributed by atoms with Gasteiger partial charge in [-0.15, -0.1) is 6.42 Å². The first-order chi connectivity index (χ1) is 20.8. The van der Waals surface area contributed by atoms with Crippen molar-refractivity contribution in [1.29, 1.82) is 0 Å². The normalized spacial score (nSPS) is 12.4. The number of hydrogen-bond acceptors (Lipinski definition) is 8. The summed E-state index contributed by atoms with van der Waals surface area (Å²) in [6.07, 6.45) is 9.82. The van der Waals surface area contributed by atoms with E-state index in [-0.39, 0.29) is 18.1 Å². The van der Waals surface area contributed by atoms with Crippen molar-refractivity contribution in [3.05, 3.63) is 102 Å². The molecule has 0 saturated heterocycles. The van der Waals surface area contributed by atoms with Gasteiger partial charge >= 0.3 is 0 Å². The molecule has 1 unspecified atom stereocenters. The largest absolute Gasteiger partial charge is 0.459 e. The third-order valence-corrected chi connectivity index (χ3v) is 7.87. The Morgan fingerprint density at radius 3 is 2.77 bits per heavy atom. The zero-order chi connectivity index (χ0) is 30.0. The Bertz CT molecular complexity index is 2100. The van der Waals surface area contributed by atoms with Gasteiger partial charge in [0.2, 0.25) is 0 Å². The molecule has 3 aromatic carbocycles. The van der Waals surface area contributed by atoms with Crippen LogP contribution in [-0.4, -0.2) is 46.7 Å². The zero-order valence-electron chi connectivity index (χ0n) is 23.2. The first-order valence-electron chi connectivity index (χ1n) is 13.4. The zero-order valence-corrected chi connectivity index (χ0v) is 24.0. The quantitative estimate of drug-likeness (QED) is 0.201. The number of nitrogens with zero attached hydrogens (tertiary/aromatic N) is 4. The molecular weight excluding hydrogens is 567 g/mol. The summed E-state index contributed by atoms with van der Waals surface area (Å²) in [7, 11) is -3.28. The Kier molecular flexibility index (Phi) is 7.63. The lowest BCUT2D eigenvalue weighted by Crippen LogP contribution is -2.27. The Hall–Kier alpha value is -5.05. The van der Waals surface area contributed by atoms with Gasteiger partial charge in [-0.2, -0.15) is 5.10 Å². The molecule has 6 rings (SSSR count). The van der Waals surface area contributed by atoms with Crippen LogP contribution in [0.2, 0.25) is 0 Å². The third kappa shape index (κ3) is 6.40. The maximum absolute atomic E-state index is 13.6. The number of terminal acetylenes is 1. The lowest BCUT2D eigenvalue weighted by molar-refractivity contribution is 0.449. The van der Waals surface area contributed by atoms with Gasteiger partial charge in [-0.05, 0) is 66.2 Å². The highest BCUT2D eigenvalue weighted by atomic mass is 32.2. The van der Waals surface area contributed by atoms with Crippen molar-refractivity contribution >= 4 is 43.1 Å². The van der Waals surface area contributed by atoms with E-state index in [1.807, 2.05) is 47.1 Å². The molecule has 216 valence electrons. The van der Waals surface area contributed by atoms with Crippen LogP contribution in [0.25, 0.3) is 33.1 Å². The molecule has 3 aromatic heterocycles. The number of hydrogen-bond donors (Lipinski definition) is 2. The highest BCUT2D eigenvalue weighted by Gasteiger charge is 2.21. The number of aromatic nitrogens is 4. The fourth-order valence-electron chi connectivity index (χ4n) is 4.97. The second kappa shape index (κ2) is 11.7. The van der Waals surface area contributed by atoms with Crippen LogP contribution in [0.3, 0.4) is 0 Å². The number of sulfone groups is 1. The van der Waals surface area contributed by atoms with Crippen molar-refractivity contribution in [3.63, 3.8) is 0 Å². The molecule has 0 radical (unpaired) electrons. The second-order valence-corrected chi connectivity index (χ2v) is 12.4. The van der Waals surface area contributed by atoms with E-state index in [0.29, 0.717) is 23.9 Å². The van der Waals surface area contributed by atoms with Crippen molar-refractivity contribution in [2.75, 3.05) is 23.9 Å². The van der Waals surface area contributed by atoms with Gasteiger partial charge < -0.3 is 9.73 Å². The smallest absolute Gasteiger partial charge is 0.149 e. The topological polar surface area (TPSA) is 115 Å². The maximum Gasteiger partial charge on any atom is 0.149 e. The van der Waals surface area contributed by atoms with Crippen molar-refractivity contribution in [3.8, 4) is 23.7 Å². The molecule has 9 nitrogen and oxygen atoms in total. The Morgan fingerprint density at radius 2 is 1.95 bits per heavy atom. The third-order valence-electron chi connectivity index (χ3n) is 6.94. The van der Waals surface area contributed by atoms with Crippen molar-refractivity contribution in [1.82, 2.24) is 25.1 Å². The molecule has 11 heteroatoms. The lowest BCUT2D eigenvalue weighted by Gasteiger charge is -2.14. The monoisotopic (exact) mass is 594 g/mol. The molecule has 0 aliphatic rings. The minimum atomic E-state index is -3.28. The first kappa shape index (κ1) is 28.1. The van der Waals surface area contributed by atoms with Gasteiger partial charge in [-0.3, -0.25) is 10.00 Å². The Balaban J connectivity index is 1.27. The molecule has 0 spiro atoms. The summed E-state index contributed by atoms with van der Waals surface area (Å²) in [6.45, 7) is 0.662. The molecule has 0 aliphatic heterocycles. The summed E-state index contributed by atoms with van der Waals surface area (Å²) in [5.74, 6) is 3.71.